The van der Waals surface area contributed by atoms with Gasteiger partial charge in [0.2, 0.25) is 11.8 Å². The summed E-state index contributed by atoms with van der Waals surface area (Å²) in [6.07, 6.45) is 2.45. The average Bonchev–Trinajstić information content (AvgIpc) is 2.88. The Morgan fingerprint density at radius 3 is 2.45 bits per heavy atom. The first-order chi connectivity index (χ1) is 13.8. The second-order valence-electron chi connectivity index (χ2n) is 6.84. The van der Waals surface area contributed by atoms with Gasteiger partial charge < -0.3 is 10.6 Å². The highest BCUT2D eigenvalue weighted by atomic mass is 32.2. The summed E-state index contributed by atoms with van der Waals surface area (Å²) in [6.45, 7) is 0.625. The Morgan fingerprint density at radius 2 is 1.76 bits per heavy atom. The summed E-state index contributed by atoms with van der Waals surface area (Å²) in [5.41, 5.74) is 1.00. The highest BCUT2D eigenvalue weighted by molar-refractivity contribution is 7.92. The maximum absolute atomic E-state index is 13.0. The second kappa shape index (κ2) is 9.04. The van der Waals surface area contributed by atoms with E-state index in [2.05, 4.69) is 15.4 Å². The molecular formula is C20H22FN3O4S. The first-order valence-electron chi connectivity index (χ1n) is 9.28. The molecule has 7 nitrogen and oxygen atoms in total. The highest BCUT2D eigenvalue weighted by Gasteiger charge is 2.22. The fourth-order valence-corrected chi connectivity index (χ4v) is 4.08. The largest absolute Gasteiger partial charge is 0.354 e. The van der Waals surface area contributed by atoms with Gasteiger partial charge in [0, 0.05) is 12.2 Å². The van der Waals surface area contributed by atoms with Crippen LogP contribution in [-0.4, -0.2) is 32.8 Å². The molecule has 3 rings (SSSR count). The van der Waals surface area contributed by atoms with E-state index >= 15 is 0 Å². The second-order valence-corrected chi connectivity index (χ2v) is 8.52. The van der Waals surface area contributed by atoms with Crippen LogP contribution in [0.4, 0.5) is 10.1 Å². The van der Waals surface area contributed by atoms with Crippen LogP contribution in [0.5, 0.6) is 0 Å². The monoisotopic (exact) mass is 419 g/mol. The van der Waals surface area contributed by atoms with Crippen LogP contribution in [0.2, 0.25) is 0 Å². The summed E-state index contributed by atoms with van der Waals surface area (Å²) < 4.78 is 40.0. The van der Waals surface area contributed by atoms with Gasteiger partial charge in [0.1, 0.15) is 11.9 Å². The Hall–Kier alpha value is -2.94. The van der Waals surface area contributed by atoms with Crippen LogP contribution < -0.4 is 15.4 Å². The maximum atomic E-state index is 13.0. The zero-order valence-electron chi connectivity index (χ0n) is 15.7. The van der Waals surface area contributed by atoms with Crippen LogP contribution >= 0.6 is 0 Å². The van der Waals surface area contributed by atoms with Crippen LogP contribution in [0, 0.1) is 5.82 Å². The molecule has 9 heteroatoms. The Morgan fingerprint density at radius 1 is 1.07 bits per heavy atom. The predicted octanol–water partition coefficient (Wildman–Crippen LogP) is 1.95. The number of benzene rings is 2. The predicted molar refractivity (Wildman–Crippen MR) is 106 cm³/mol. The molecule has 1 fully saturated rings. The molecule has 29 heavy (non-hydrogen) atoms. The minimum Gasteiger partial charge on any atom is -0.354 e. The molecule has 1 heterocycles. The van der Waals surface area contributed by atoms with E-state index in [-0.39, 0.29) is 23.1 Å². The minimum atomic E-state index is -3.84. The zero-order valence-corrected chi connectivity index (χ0v) is 16.5. The summed E-state index contributed by atoms with van der Waals surface area (Å²) in [4.78, 5) is 24.1. The molecule has 154 valence electrons. The first kappa shape index (κ1) is 20.8. The molecule has 2 aromatic carbocycles. The topological polar surface area (TPSA) is 104 Å². The molecule has 0 bridgehead atoms. The van der Waals surface area contributed by atoms with E-state index < -0.39 is 21.9 Å². The Bertz CT molecular complexity index is 976. The van der Waals surface area contributed by atoms with E-state index in [0.29, 0.717) is 24.2 Å². The number of hydrogen-bond acceptors (Lipinski definition) is 4. The molecule has 1 atom stereocenters. The van der Waals surface area contributed by atoms with E-state index in [4.69, 9.17) is 0 Å². The zero-order chi connectivity index (χ0) is 20.9. The fraction of sp³-hybridized carbons (Fsp3) is 0.300. The van der Waals surface area contributed by atoms with Crippen molar-refractivity contribution in [3.8, 4) is 0 Å². The standard InChI is InChI=1S/C20H22FN3O4S/c21-15-6-10-17(11-7-15)29(27,28)24-16-8-4-14(5-9-16)13-19(25)23-18-3-1-2-12-22-20(18)26/h4-11,18,24H,1-3,12-13H2,(H,22,26)(H,23,25). The minimum absolute atomic E-state index is 0.0518. The molecule has 1 aliphatic rings. The molecule has 0 aromatic heterocycles. The molecular weight excluding hydrogens is 397 g/mol. The number of carbonyl (C=O) groups is 2. The van der Waals surface area contributed by atoms with Crippen molar-refractivity contribution in [2.24, 2.45) is 0 Å². The van der Waals surface area contributed by atoms with Gasteiger partial charge in [0.25, 0.3) is 10.0 Å². The summed E-state index contributed by atoms with van der Waals surface area (Å²) >= 11 is 0. The van der Waals surface area contributed by atoms with Gasteiger partial charge in [-0.2, -0.15) is 0 Å². The smallest absolute Gasteiger partial charge is 0.261 e. The normalized spacial score (nSPS) is 17.1. The summed E-state index contributed by atoms with van der Waals surface area (Å²) in [7, 11) is -3.84. The van der Waals surface area contributed by atoms with Crippen LogP contribution in [0.25, 0.3) is 0 Å². The third-order valence-electron chi connectivity index (χ3n) is 4.57. The van der Waals surface area contributed by atoms with Gasteiger partial charge in [-0.05, 0) is 61.2 Å². The third-order valence-corrected chi connectivity index (χ3v) is 5.96. The van der Waals surface area contributed by atoms with E-state index in [1.54, 1.807) is 24.3 Å². The highest BCUT2D eigenvalue weighted by Crippen LogP contribution is 2.17. The van der Waals surface area contributed by atoms with E-state index in [1.165, 1.54) is 12.1 Å². The van der Waals surface area contributed by atoms with Crippen molar-refractivity contribution in [2.75, 3.05) is 11.3 Å². The van der Waals surface area contributed by atoms with Crippen molar-refractivity contribution in [3.63, 3.8) is 0 Å². The van der Waals surface area contributed by atoms with Gasteiger partial charge in [0.15, 0.2) is 0 Å². The third kappa shape index (κ3) is 5.77. The van der Waals surface area contributed by atoms with Crippen molar-refractivity contribution in [1.29, 1.82) is 0 Å². The van der Waals surface area contributed by atoms with E-state index in [9.17, 15) is 22.4 Å². The summed E-state index contributed by atoms with van der Waals surface area (Å²) in [5.74, 6) is -0.957. The summed E-state index contributed by atoms with van der Waals surface area (Å²) in [6, 6.07) is 10.3. The Kier molecular flexibility index (Phi) is 6.48. The van der Waals surface area contributed by atoms with E-state index in [0.717, 1.165) is 25.0 Å². The quantitative estimate of drug-likeness (QED) is 0.666. The van der Waals surface area contributed by atoms with Crippen molar-refractivity contribution < 1.29 is 22.4 Å². The number of anilines is 1. The first-order valence-corrected chi connectivity index (χ1v) is 10.8. The molecule has 2 amide bonds. The molecule has 1 saturated heterocycles. The van der Waals surface area contributed by atoms with Crippen LogP contribution in [0.1, 0.15) is 24.8 Å². The molecule has 1 aliphatic heterocycles. The number of sulfonamides is 1. The lowest BCUT2D eigenvalue weighted by Gasteiger charge is -2.15. The summed E-state index contributed by atoms with van der Waals surface area (Å²) in [5, 5.41) is 5.51. The van der Waals surface area contributed by atoms with Gasteiger partial charge in [0.05, 0.1) is 11.3 Å². The van der Waals surface area contributed by atoms with Crippen molar-refractivity contribution in [2.45, 2.75) is 36.6 Å². The lowest BCUT2D eigenvalue weighted by Crippen LogP contribution is -2.45. The molecule has 2 aromatic rings. The van der Waals surface area contributed by atoms with Crippen LogP contribution in [0.3, 0.4) is 0 Å². The molecule has 1 unspecified atom stereocenters. The van der Waals surface area contributed by atoms with E-state index in [1.807, 2.05) is 0 Å². The van der Waals surface area contributed by atoms with Crippen molar-refractivity contribution in [1.82, 2.24) is 10.6 Å². The SMILES string of the molecule is O=C(Cc1ccc(NS(=O)(=O)c2ccc(F)cc2)cc1)NC1CCCCNC1=O. The number of rotatable bonds is 6. The lowest BCUT2D eigenvalue weighted by molar-refractivity contribution is -0.128. The average molecular weight is 419 g/mol. The van der Waals surface area contributed by atoms with Gasteiger partial charge in [-0.3, -0.25) is 14.3 Å². The fourth-order valence-electron chi connectivity index (χ4n) is 3.03. The van der Waals surface area contributed by atoms with Gasteiger partial charge in [-0.15, -0.1) is 0 Å². The maximum Gasteiger partial charge on any atom is 0.261 e. The Balaban J connectivity index is 1.59. The number of hydrogen-bond donors (Lipinski definition) is 3. The number of carbonyl (C=O) groups excluding carboxylic acids is 2. The number of halogens is 1. The van der Waals surface area contributed by atoms with Crippen LogP contribution in [0.15, 0.2) is 53.4 Å². The molecule has 0 spiro atoms. The molecule has 0 aliphatic carbocycles. The van der Waals surface area contributed by atoms with Crippen molar-refractivity contribution >= 4 is 27.5 Å². The van der Waals surface area contributed by atoms with Crippen molar-refractivity contribution in [3.05, 3.63) is 59.9 Å². The Labute approximate surface area is 168 Å². The number of nitrogens with one attached hydrogen (secondary N) is 3. The van der Waals surface area contributed by atoms with Gasteiger partial charge in [-0.1, -0.05) is 12.1 Å². The van der Waals surface area contributed by atoms with Gasteiger partial charge >= 0.3 is 0 Å². The van der Waals surface area contributed by atoms with Crippen LogP contribution in [-0.2, 0) is 26.0 Å². The molecule has 0 radical (unpaired) electrons. The lowest BCUT2D eigenvalue weighted by atomic mass is 10.1. The molecule has 0 saturated carbocycles. The van der Waals surface area contributed by atoms with Gasteiger partial charge in [-0.25, -0.2) is 12.8 Å². The molecule has 3 N–H and O–H groups in total. The number of amides is 2.